The lowest BCUT2D eigenvalue weighted by atomic mass is 9.99. The van der Waals surface area contributed by atoms with E-state index in [1.807, 2.05) is 0 Å². The number of benzene rings is 1. The maximum absolute atomic E-state index is 5.68. The predicted octanol–water partition coefficient (Wildman–Crippen LogP) is 2.81. The molecule has 0 saturated carbocycles. The number of rotatable bonds is 4. The van der Waals surface area contributed by atoms with Crippen LogP contribution >= 0.6 is 12.6 Å². The van der Waals surface area contributed by atoms with Crippen LogP contribution in [0, 0.1) is 0 Å². The fourth-order valence-electron chi connectivity index (χ4n) is 2.50. The molecule has 3 unspecified atom stereocenters. The molecule has 0 amide bonds. The van der Waals surface area contributed by atoms with Crippen LogP contribution in [0.2, 0.25) is 0 Å². The molecule has 3 atom stereocenters. The second-order valence-electron chi connectivity index (χ2n) is 5.24. The molecule has 0 radical (unpaired) electrons. The van der Waals surface area contributed by atoms with E-state index in [2.05, 4.69) is 61.7 Å². The molecule has 0 aliphatic carbocycles. The molecule has 1 aromatic rings. The molecular formula is C15H23NOS. The van der Waals surface area contributed by atoms with Crippen molar-refractivity contribution >= 4 is 12.6 Å². The fraction of sp³-hybridized carbons (Fsp3) is 0.600. The molecule has 0 aromatic heterocycles. The summed E-state index contributed by atoms with van der Waals surface area (Å²) in [6.07, 6.45) is 0.345. The first kappa shape index (κ1) is 13.9. The number of hydrogen-bond acceptors (Lipinski definition) is 3. The van der Waals surface area contributed by atoms with Crippen LogP contribution in [0.3, 0.4) is 0 Å². The summed E-state index contributed by atoms with van der Waals surface area (Å²) in [6, 6.07) is 11.2. The van der Waals surface area contributed by atoms with Gasteiger partial charge < -0.3 is 4.74 Å². The van der Waals surface area contributed by atoms with E-state index in [9.17, 15) is 0 Å². The van der Waals surface area contributed by atoms with E-state index in [1.54, 1.807) is 0 Å². The average molecular weight is 265 g/mol. The highest BCUT2D eigenvalue weighted by atomic mass is 32.1. The van der Waals surface area contributed by atoms with Crippen LogP contribution in [-0.2, 0) is 4.74 Å². The molecule has 18 heavy (non-hydrogen) atoms. The Morgan fingerprint density at radius 2 is 2.06 bits per heavy atom. The average Bonchev–Trinajstić information content (AvgIpc) is 2.41. The van der Waals surface area contributed by atoms with Gasteiger partial charge in [-0.2, -0.15) is 12.6 Å². The van der Waals surface area contributed by atoms with E-state index >= 15 is 0 Å². The molecule has 1 aliphatic rings. The van der Waals surface area contributed by atoms with Gasteiger partial charge in [-0.1, -0.05) is 30.3 Å². The highest BCUT2D eigenvalue weighted by Crippen LogP contribution is 2.21. The maximum Gasteiger partial charge on any atom is 0.0674 e. The smallest absolute Gasteiger partial charge is 0.0674 e. The lowest BCUT2D eigenvalue weighted by Crippen LogP contribution is -2.48. The molecule has 0 N–H and O–H groups in total. The first-order chi connectivity index (χ1) is 8.70. The van der Waals surface area contributed by atoms with Crippen molar-refractivity contribution in [2.24, 2.45) is 0 Å². The molecule has 1 saturated heterocycles. The summed E-state index contributed by atoms with van der Waals surface area (Å²) in [6.45, 7) is 7.33. The van der Waals surface area contributed by atoms with Crippen LogP contribution in [0.4, 0.5) is 0 Å². The zero-order chi connectivity index (χ0) is 13.0. The summed E-state index contributed by atoms with van der Waals surface area (Å²) >= 11 is 4.52. The molecule has 3 heteroatoms. The van der Waals surface area contributed by atoms with E-state index in [-0.39, 0.29) is 0 Å². The third kappa shape index (κ3) is 3.50. The van der Waals surface area contributed by atoms with Crippen molar-refractivity contribution in [1.29, 1.82) is 0 Å². The Morgan fingerprint density at radius 3 is 2.72 bits per heavy atom. The first-order valence-electron chi connectivity index (χ1n) is 6.72. The van der Waals surface area contributed by atoms with Gasteiger partial charge in [0.2, 0.25) is 0 Å². The summed E-state index contributed by atoms with van der Waals surface area (Å²) in [5.41, 5.74) is 1.39. The van der Waals surface area contributed by atoms with Gasteiger partial charge in [0, 0.05) is 25.0 Å². The van der Waals surface area contributed by atoms with Crippen molar-refractivity contribution in [2.75, 3.05) is 25.4 Å². The maximum atomic E-state index is 5.68. The third-order valence-corrected chi connectivity index (χ3v) is 4.12. The SMILES string of the molecule is CC1CN(CC(CS)c2ccccc2)C(C)CO1. The highest BCUT2D eigenvalue weighted by molar-refractivity contribution is 7.80. The lowest BCUT2D eigenvalue weighted by molar-refractivity contribution is -0.0505. The Kier molecular flexibility index (Phi) is 5.10. The minimum atomic E-state index is 0.345. The second kappa shape index (κ2) is 6.60. The highest BCUT2D eigenvalue weighted by Gasteiger charge is 2.25. The molecule has 1 fully saturated rings. The molecule has 1 heterocycles. The van der Waals surface area contributed by atoms with Gasteiger partial charge in [0.1, 0.15) is 0 Å². The molecule has 1 aromatic carbocycles. The van der Waals surface area contributed by atoms with Crippen LogP contribution in [0.15, 0.2) is 30.3 Å². The van der Waals surface area contributed by atoms with Gasteiger partial charge in [-0.05, 0) is 25.2 Å². The van der Waals surface area contributed by atoms with Crippen molar-refractivity contribution in [2.45, 2.75) is 31.9 Å². The van der Waals surface area contributed by atoms with Crippen molar-refractivity contribution < 1.29 is 4.74 Å². The van der Waals surface area contributed by atoms with Gasteiger partial charge in [0.25, 0.3) is 0 Å². The molecule has 100 valence electrons. The van der Waals surface area contributed by atoms with Crippen LogP contribution in [0.25, 0.3) is 0 Å². The van der Waals surface area contributed by atoms with Crippen molar-refractivity contribution in [3.05, 3.63) is 35.9 Å². The van der Waals surface area contributed by atoms with Crippen molar-refractivity contribution in [3.8, 4) is 0 Å². The van der Waals surface area contributed by atoms with Crippen LogP contribution < -0.4 is 0 Å². The standard InChI is InChI=1S/C15H23NOS/c1-12-10-17-13(2)8-16(12)9-15(11-18)14-6-4-3-5-7-14/h3-7,12-13,15,18H,8-11H2,1-2H3. The molecule has 0 spiro atoms. The summed E-state index contributed by atoms with van der Waals surface area (Å²) in [4.78, 5) is 2.53. The number of ether oxygens (including phenoxy) is 1. The Morgan fingerprint density at radius 1 is 1.33 bits per heavy atom. The van der Waals surface area contributed by atoms with Crippen molar-refractivity contribution in [3.63, 3.8) is 0 Å². The van der Waals surface area contributed by atoms with Crippen LogP contribution in [0.5, 0.6) is 0 Å². The zero-order valence-electron chi connectivity index (χ0n) is 11.2. The van der Waals surface area contributed by atoms with Crippen LogP contribution in [0.1, 0.15) is 25.3 Å². The molecule has 2 rings (SSSR count). The minimum Gasteiger partial charge on any atom is -0.376 e. The van der Waals surface area contributed by atoms with Gasteiger partial charge in [0.15, 0.2) is 0 Å². The summed E-state index contributed by atoms with van der Waals surface area (Å²) in [5.74, 6) is 1.39. The molecule has 1 aliphatic heterocycles. The van der Waals surface area contributed by atoms with E-state index < -0.39 is 0 Å². The van der Waals surface area contributed by atoms with Gasteiger partial charge in [-0.25, -0.2) is 0 Å². The molecule has 0 bridgehead atoms. The Balaban J connectivity index is 2.01. The zero-order valence-corrected chi connectivity index (χ0v) is 12.1. The minimum absolute atomic E-state index is 0.345. The monoisotopic (exact) mass is 265 g/mol. The van der Waals surface area contributed by atoms with E-state index in [0.29, 0.717) is 18.1 Å². The second-order valence-corrected chi connectivity index (χ2v) is 5.60. The van der Waals surface area contributed by atoms with Gasteiger partial charge >= 0.3 is 0 Å². The Labute approximate surface area is 116 Å². The number of nitrogens with zero attached hydrogens (tertiary/aromatic N) is 1. The van der Waals surface area contributed by atoms with Crippen molar-refractivity contribution in [1.82, 2.24) is 4.90 Å². The van der Waals surface area contributed by atoms with Crippen LogP contribution in [-0.4, -0.2) is 42.5 Å². The lowest BCUT2D eigenvalue weighted by Gasteiger charge is -2.38. The van der Waals surface area contributed by atoms with E-state index in [1.165, 1.54) is 5.56 Å². The topological polar surface area (TPSA) is 12.5 Å². The quantitative estimate of drug-likeness (QED) is 0.841. The van der Waals surface area contributed by atoms with E-state index in [0.717, 1.165) is 25.4 Å². The normalized spacial score (nSPS) is 27.1. The first-order valence-corrected chi connectivity index (χ1v) is 7.35. The number of thiol groups is 1. The van der Waals surface area contributed by atoms with Gasteiger partial charge in [-0.3, -0.25) is 4.90 Å². The third-order valence-electron chi connectivity index (χ3n) is 3.68. The van der Waals surface area contributed by atoms with Gasteiger partial charge in [0.05, 0.1) is 12.7 Å². The largest absolute Gasteiger partial charge is 0.376 e. The number of hydrogen-bond donors (Lipinski definition) is 1. The fourth-order valence-corrected chi connectivity index (χ4v) is 2.83. The number of morpholine rings is 1. The van der Waals surface area contributed by atoms with Gasteiger partial charge in [-0.15, -0.1) is 0 Å². The summed E-state index contributed by atoms with van der Waals surface area (Å²) in [7, 11) is 0. The molecular weight excluding hydrogens is 242 g/mol. The molecule has 2 nitrogen and oxygen atoms in total. The Hall–Kier alpha value is -0.510. The summed E-state index contributed by atoms with van der Waals surface area (Å²) < 4.78 is 5.68. The van der Waals surface area contributed by atoms with E-state index in [4.69, 9.17) is 4.74 Å². The summed E-state index contributed by atoms with van der Waals surface area (Å²) in [5, 5.41) is 0. The Bertz CT molecular complexity index is 357. The predicted molar refractivity (Wildman–Crippen MR) is 79.5 cm³/mol.